The van der Waals surface area contributed by atoms with Gasteiger partial charge in [-0.2, -0.15) is 0 Å². The third-order valence-corrected chi connectivity index (χ3v) is 4.39. The Bertz CT molecular complexity index is 616. The van der Waals surface area contributed by atoms with Crippen LogP contribution in [0.1, 0.15) is 24.1 Å². The zero-order chi connectivity index (χ0) is 13.9. The van der Waals surface area contributed by atoms with Crippen LogP contribution in [0.3, 0.4) is 0 Å². The average molecular weight is 286 g/mol. The molecule has 4 heteroatoms. The van der Waals surface area contributed by atoms with E-state index in [1.807, 2.05) is 0 Å². The van der Waals surface area contributed by atoms with Crippen molar-refractivity contribution in [3.63, 3.8) is 0 Å². The van der Waals surface area contributed by atoms with Crippen molar-refractivity contribution in [2.75, 3.05) is 6.54 Å². The molecule has 0 spiro atoms. The van der Waals surface area contributed by atoms with E-state index in [4.69, 9.17) is 0 Å². The summed E-state index contributed by atoms with van der Waals surface area (Å²) in [6.07, 6.45) is 2.92. The molecule has 1 amide bonds. The number of aryl methyl sites for hydroxylation is 1. The number of carbonyl (C=O) groups excluding carboxylic acids is 1. The van der Waals surface area contributed by atoms with Crippen LogP contribution in [0.15, 0.2) is 29.6 Å². The lowest BCUT2D eigenvalue weighted by Gasteiger charge is -2.01. The van der Waals surface area contributed by atoms with Gasteiger partial charge in [0, 0.05) is 29.8 Å². The number of thiazole rings is 1. The lowest BCUT2D eigenvalue weighted by atomic mass is 10.1. The highest BCUT2D eigenvalue weighted by atomic mass is 32.1. The molecular weight excluding hydrogens is 268 g/mol. The molecule has 1 aromatic carbocycles. The van der Waals surface area contributed by atoms with Crippen molar-refractivity contribution in [1.29, 1.82) is 0 Å². The zero-order valence-corrected chi connectivity index (χ0v) is 12.4. The van der Waals surface area contributed by atoms with E-state index in [0.717, 1.165) is 30.0 Å². The van der Waals surface area contributed by atoms with Crippen molar-refractivity contribution in [2.24, 2.45) is 5.92 Å². The smallest absolute Gasteiger partial charge is 0.223 e. The Kier molecular flexibility index (Phi) is 3.83. The summed E-state index contributed by atoms with van der Waals surface area (Å²) in [4.78, 5) is 16.2. The molecule has 0 radical (unpaired) electrons. The highest BCUT2D eigenvalue weighted by molar-refractivity contribution is 7.13. The van der Waals surface area contributed by atoms with Gasteiger partial charge in [0.25, 0.3) is 0 Å². The molecule has 0 saturated heterocycles. The number of aromatic nitrogens is 1. The molecule has 1 fully saturated rings. The van der Waals surface area contributed by atoms with Gasteiger partial charge in [0.05, 0.1) is 5.69 Å². The number of nitrogens with zero attached hydrogens (tertiary/aromatic N) is 1. The molecule has 1 heterocycles. The van der Waals surface area contributed by atoms with Crippen LogP contribution in [-0.4, -0.2) is 17.4 Å². The Hall–Kier alpha value is -1.68. The van der Waals surface area contributed by atoms with Crippen LogP contribution in [-0.2, 0) is 11.2 Å². The van der Waals surface area contributed by atoms with Crippen LogP contribution in [0.25, 0.3) is 10.6 Å². The van der Waals surface area contributed by atoms with Crippen molar-refractivity contribution < 1.29 is 4.79 Å². The second-order valence-corrected chi connectivity index (χ2v) is 6.19. The lowest BCUT2D eigenvalue weighted by Crippen LogP contribution is -2.26. The van der Waals surface area contributed by atoms with E-state index >= 15 is 0 Å². The summed E-state index contributed by atoms with van der Waals surface area (Å²) in [5.74, 6) is 0.493. The number of hydrogen-bond donors (Lipinski definition) is 1. The number of benzene rings is 1. The number of amides is 1. The first-order chi connectivity index (χ1) is 9.72. The minimum absolute atomic E-state index is 0.208. The van der Waals surface area contributed by atoms with Gasteiger partial charge < -0.3 is 5.32 Å². The second-order valence-electron chi connectivity index (χ2n) is 5.33. The first kappa shape index (κ1) is 13.3. The summed E-state index contributed by atoms with van der Waals surface area (Å²) in [6.45, 7) is 2.78. The summed E-state index contributed by atoms with van der Waals surface area (Å²) >= 11 is 1.67. The molecule has 1 saturated carbocycles. The van der Waals surface area contributed by atoms with Crippen molar-refractivity contribution >= 4 is 17.2 Å². The lowest BCUT2D eigenvalue weighted by molar-refractivity contribution is -0.122. The minimum Gasteiger partial charge on any atom is -0.355 e. The maximum absolute atomic E-state index is 11.5. The molecule has 0 unspecified atom stereocenters. The van der Waals surface area contributed by atoms with E-state index in [9.17, 15) is 4.79 Å². The van der Waals surface area contributed by atoms with Gasteiger partial charge in [0.2, 0.25) is 5.91 Å². The standard InChI is InChI=1S/C16H18N2OS/c1-11-3-2-4-13(9-11)16-18-14(10-20-16)7-8-17-15(19)12-5-6-12/h2-4,9-10,12H,5-8H2,1H3,(H,17,19). The molecule has 0 aliphatic heterocycles. The maximum atomic E-state index is 11.5. The Morgan fingerprint density at radius 3 is 3.05 bits per heavy atom. The van der Waals surface area contributed by atoms with E-state index in [1.165, 1.54) is 11.1 Å². The summed E-state index contributed by atoms with van der Waals surface area (Å²) in [7, 11) is 0. The van der Waals surface area contributed by atoms with Crippen LogP contribution >= 0.6 is 11.3 Å². The quantitative estimate of drug-likeness (QED) is 0.917. The van der Waals surface area contributed by atoms with Crippen LogP contribution in [0.5, 0.6) is 0 Å². The molecule has 3 rings (SSSR count). The molecule has 1 aliphatic rings. The Morgan fingerprint density at radius 2 is 2.30 bits per heavy atom. The molecule has 20 heavy (non-hydrogen) atoms. The molecule has 0 bridgehead atoms. The topological polar surface area (TPSA) is 42.0 Å². The molecule has 104 valence electrons. The molecule has 2 aromatic rings. The first-order valence-electron chi connectivity index (χ1n) is 7.01. The van der Waals surface area contributed by atoms with Crippen LogP contribution in [0.4, 0.5) is 0 Å². The average Bonchev–Trinajstić information content (AvgIpc) is 3.19. The van der Waals surface area contributed by atoms with E-state index in [1.54, 1.807) is 11.3 Å². The monoisotopic (exact) mass is 286 g/mol. The fourth-order valence-electron chi connectivity index (χ4n) is 2.14. The van der Waals surface area contributed by atoms with Gasteiger partial charge in [-0.25, -0.2) is 4.98 Å². The van der Waals surface area contributed by atoms with Gasteiger partial charge in [0.1, 0.15) is 5.01 Å². The fourth-order valence-corrected chi connectivity index (χ4v) is 2.99. The van der Waals surface area contributed by atoms with Crippen LogP contribution in [0, 0.1) is 12.8 Å². The first-order valence-corrected chi connectivity index (χ1v) is 7.89. The zero-order valence-electron chi connectivity index (χ0n) is 11.6. The highest BCUT2D eigenvalue weighted by Gasteiger charge is 2.29. The maximum Gasteiger partial charge on any atom is 0.223 e. The van der Waals surface area contributed by atoms with E-state index in [2.05, 4.69) is 46.9 Å². The van der Waals surface area contributed by atoms with Gasteiger partial charge in [0.15, 0.2) is 0 Å². The fraction of sp³-hybridized carbons (Fsp3) is 0.375. The van der Waals surface area contributed by atoms with Gasteiger partial charge in [-0.1, -0.05) is 23.8 Å². The van der Waals surface area contributed by atoms with Crippen molar-refractivity contribution in [3.05, 3.63) is 40.9 Å². The normalized spacial score (nSPS) is 14.2. The van der Waals surface area contributed by atoms with Gasteiger partial charge >= 0.3 is 0 Å². The SMILES string of the molecule is Cc1cccc(-c2nc(CCNC(=O)C3CC3)cs2)c1. The van der Waals surface area contributed by atoms with Crippen LogP contribution in [0.2, 0.25) is 0 Å². The summed E-state index contributed by atoms with van der Waals surface area (Å²) in [6, 6.07) is 8.38. The van der Waals surface area contributed by atoms with Gasteiger partial charge in [-0.15, -0.1) is 11.3 Å². The summed E-state index contributed by atoms with van der Waals surface area (Å²) < 4.78 is 0. The summed E-state index contributed by atoms with van der Waals surface area (Å²) in [5.41, 5.74) is 3.47. The third kappa shape index (κ3) is 3.25. The molecule has 1 aromatic heterocycles. The molecule has 1 N–H and O–H groups in total. The predicted octanol–water partition coefficient (Wildman–Crippen LogP) is 3.19. The highest BCUT2D eigenvalue weighted by Crippen LogP contribution is 2.28. The third-order valence-electron chi connectivity index (χ3n) is 3.45. The van der Waals surface area contributed by atoms with Crippen LogP contribution < -0.4 is 5.32 Å². The molecule has 1 aliphatic carbocycles. The summed E-state index contributed by atoms with van der Waals surface area (Å²) in [5, 5.41) is 6.11. The molecular formula is C16H18N2OS. The van der Waals surface area contributed by atoms with E-state index in [-0.39, 0.29) is 11.8 Å². The predicted molar refractivity (Wildman–Crippen MR) is 81.7 cm³/mol. The number of rotatable bonds is 5. The molecule has 3 nitrogen and oxygen atoms in total. The van der Waals surface area contributed by atoms with Crippen molar-refractivity contribution in [3.8, 4) is 10.6 Å². The molecule has 0 atom stereocenters. The van der Waals surface area contributed by atoms with Crippen molar-refractivity contribution in [2.45, 2.75) is 26.2 Å². The van der Waals surface area contributed by atoms with Crippen molar-refractivity contribution in [1.82, 2.24) is 10.3 Å². The van der Waals surface area contributed by atoms with Gasteiger partial charge in [-0.3, -0.25) is 4.79 Å². The number of carbonyl (C=O) groups is 1. The Balaban J connectivity index is 1.57. The number of nitrogens with one attached hydrogen (secondary N) is 1. The Morgan fingerprint density at radius 1 is 1.45 bits per heavy atom. The minimum atomic E-state index is 0.208. The van der Waals surface area contributed by atoms with E-state index < -0.39 is 0 Å². The van der Waals surface area contributed by atoms with E-state index in [0.29, 0.717) is 6.54 Å². The number of hydrogen-bond acceptors (Lipinski definition) is 3. The second kappa shape index (κ2) is 5.75. The largest absolute Gasteiger partial charge is 0.355 e. The van der Waals surface area contributed by atoms with Gasteiger partial charge in [-0.05, 0) is 25.8 Å². The Labute approximate surface area is 123 Å².